The van der Waals surface area contributed by atoms with Crippen LogP contribution in [0.5, 0.6) is 0 Å². The Morgan fingerprint density at radius 2 is 1.65 bits per heavy atom. The summed E-state index contributed by atoms with van der Waals surface area (Å²) in [6.45, 7) is 6.16. The van der Waals surface area contributed by atoms with E-state index in [1.54, 1.807) is 12.1 Å². The van der Waals surface area contributed by atoms with Crippen LogP contribution < -0.4 is 10.2 Å². The predicted molar refractivity (Wildman–Crippen MR) is 104 cm³/mol. The van der Waals surface area contributed by atoms with E-state index in [9.17, 15) is 9.18 Å². The van der Waals surface area contributed by atoms with Crippen LogP contribution in [0.1, 0.15) is 24.8 Å². The number of hydrogen-bond acceptors (Lipinski definition) is 3. The highest BCUT2D eigenvalue weighted by molar-refractivity contribution is 5.91. The number of carbonyl (C=O) groups is 1. The van der Waals surface area contributed by atoms with Crippen LogP contribution in [0.4, 0.5) is 15.8 Å². The van der Waals surface area contributed by atoms with E-state index in [1.165, 1.54) is 17.8 Å². The summed E-state index contributed by atoms with van der Waals surface area (Å²) in [5.41, 5.74) is 2.96. The molecule has 2 aromatic rings. The van der Waals surface area contributed by atoms with Gasteiger partial charge >= 0.3 is 0 Å². The average molecular weight is 355 g/mol. The Labute approximate surface area is 154 Å². The third-order valence-corrected chi connectivity index (χ3v) is 4.95. The summed E-state index contributed by atoms with van der Waals surface area (Å²) in [5.74, 6) is -0.250. The highest BCUT2D eigenvalue weighted by atomic mass is 19.1. The normalized spacial score (nSPS) is 16.3. The van der Waals surface area contributed by atoms with Gasteiger partial charge in [0.25, 0.3) is 0 Å². The zero-order valence-corrected chi connectivity index (χ0v) is 15.4. The van der Waals surface area contributed by atoms with Crippen LogP contribution in [0.2, 0.25) is 0 Å². The lowest BCUT2D eigenvalue weighted by atomic mass is 9.97. The first kappa shape index (κ1) is 18.4. The smallest absolute Gasteiger partial charge is 0.224 e. The van der Waals surface area contributed by atoms with Crippen molar-refractivity contribution in [3.05, 3.63) is 59.9 Å². The Morgan fingerprint density at radius 1 is 1.04 bits per heavy atom. The molecular formula is C21H26FN3O. The summed E-state index contributed by atoms with van der Waals surface area (Å²) in [5, 5.41) is 2.95. The molecule has 1 amide bonds. The summed E-state index contributed by atoms with van der Waals surface area (Å²) in [7, 11) is 2.14. The topological polar surface area (TPSA) is 35.6 Å². The van der Waals surface area contributed by atoms with E-state index in [2.05, 4.69) is 34.3 Å². The van der Waals surface area contributed by atoms with Crippen LogP contribution in [0.15, 0.2) is 48.5 Å². The van der Waals surface area contributed by atoms with E-state index in [0.29, 0.717) is 6.42 Å². The van der Waals surface area contributed by atoms with E-state index >= 15 is 0 Å². The van der Waals surface area contributed by atoms with Gasteiger partial charge in [0.2, 0.25) is 5.91 Å². The Kier molecular flexibility index (Phi) is 5.89. The second-order valence-corrected chi connectivity index (χ2v) is 7.04. The van der Waals surface area contributed by atoms with Crippen LogP contribution in [-0.2, 0) is 4.79 Å². The minimum Gasteiger partial charge on any atom is -0.369 e. The first-order valence-electron chi connectivity index (χ1n) is 9.10. The van der Waals surface area contributed by atoms with Crippen LogP contribution in [0, 0.1) is 5.82 Å². The second kappa shape index (κ2) is 8.32. The molecule has 3 rings (SSSR count). The lowest BCUT2D eigenvalue weighted by Crippen LogP contribution is -2.44. The zero-order valence-electron chi connectivity index (χ0n) is 15.4. The molecule has 0 spiro atoms. The molecule has 1 unspecified atom stereocenters. The van der Waals surface area contributed by atoms with Gasteiger partial charge in [-0.3, -0.25) is 4.79 Å². The molecule has 26 heavy (non-hydrogen) atoms. The highest BCUT2D eigenvalue weighted by Crippen LogP contribution is 2.22. The van der Waals surface area contributed by atoms with Crippen molar-refractivity contribution in [3.63, 3.8) is 0 Å². The van der Waals surface area contributed by atoms with Gasteiger partial charge in [-0.05, 0) is 54.9 Å². The molecular weight excluding hydrogens is 329 g/mol. The predicted octanol–water partition coefficient (Wildman–Crippen LogP) is 3.71. The van der Waals surface area contributed by atoms with Gasteiger partial charge in [-0.1, -0.05) is 19.1 Å². The maximum atomic E-state index is 13.0. The minimum atomic E-state index is -0.258. The van der Waals surface area contributed by atoms with Crippen molar-refractivity contribution in [2.75, 3.05) is 43.4 Å². The molecule has 0 saturated carbocycles. The Hall–Kier alpha value is -2.40. The Bertz CT molecular complexity index is 722. The third kappa shape index (κ3) is 4.82. The monoisotopic (exact) mass is 355 g/mol. The van der Waals surface area contributed by atoms with Crippen LogP contribution >= 0.6 is 0 Å². The highest BCUT2D eigenvalue weighted by Gasteiger charge is 2.15. The fourth-order valence-corrected chi connectivity index (χ4v) is 3.22. The molecule has 0 aromatic heterocycles. The lowest BCUT2D eigenvalue weighted by Gasteiger charge is -2.34. The Morgan fingerprint density at radius 3 is 2.27 bits per heavy atom. The number of likely N-dealkylation sites (N-methyl/N-ethyl adjacent to an activating group) is 1. The van der Waals surface area contributed by atoms with Crippen LogP contribution in [-0.4, -0.2) is 44.0 Å². The summed E-state index contributed by atoms with van der Waals surface area (Å²) in [4.78, 5) is 17.0. The van der Waals surface area contributed by atoms with E-state index in [4.69, 9.17) is 0 Å². The lowest BCUT2D eigenvalue weighted by molar-refractivity contribution is -0.116. The minimum absolute atomic E-state index is 0.0332. The summed E-state index contributed by atoms with van der Waals surface area (Å²) >= 11 is 0. The molecule has 0 aliphatic carbocycles. The quantitative estimate of drug-likeness (QED) is 0.888. The molecule has 1 N–H and O–H groups in total. The first-order valence-corrected chi connectivity index (χ1v) is 9.10. The maximum absolute atomic E-state index is 13.0. The molecule has 2 aromatic carbocycles. The number of piperazine rings is 1. The number of amides is 1. The molecule has 0 bridgehead atoms. The molecule has 1 aliphatic heterocycles. The number of hydrogen-bond donors (Lipinski definition) is 1. The molecule has 1 aliphatic rings. The van der Waals surface area contributed by atoms with Crippen molar-refractivity contribution >= 4 is 17.3 Å². The molecule has 5 heteroatoms. The largest absolute Gasteiger partial charge is 0.369 e. The van der Waals surface area contributed by atoms with Crippen molar-refractivity contribution < 1.29 is 9.18 Å². The Balaban J connectivity index is 1.53. The SMILES string of the molecule is CC(CC(=O)Nc1ccc(N2CCN(C)CC2)cc1)c1ccc(F)cc1. The molecule has 1 fully saturated rings. The molecule has 1 atom stereocenters. The van der Waals surface area contributed by atoms with Crippen molar-refractivity contribution in [3.8, 4) is 0 Å². The van der Waals surface area contributed by atoms with Gasteiger partial charge in [0.1, 0.15) is 5.82 Å². The summed E-state index contributed by atoms with van der Waals surface area (Å²) in [6, 6.07) is 14.4. The number of benzene rings is 2. The van der Waals surface area contributed by atoms with Gasteiger partial charge in [0.15, 0.2) is 0 Å². The van der Waals surface area contributed by atoms with Crippen molar-refractivity contribution in [2.24, 2.45) is 0 Å². The van der Waals surface area contributed by atoms with Gasteiger partial charge in [0.05, 0.1) is 0 Å². The molecule has 4 nitrogen and oxygen atoms in total. The molecule has 138 valence electrons. The first-order chi connectivity index (χ1) is 12.5. The van der Waals surface area contributed by atoms with Gasteiger partial charge in [-0.25, -0.2) is 4.39 Å². The van der Waals surface area contributed by atoms with Crippen molar-refractivity contribution in [1.82, 2.24) is 4.90 Å². The third-order valence-electron chi connectivity index (χ3n) is 4.95. The standard InChI is InChI=1S/C21H26FN3O/c1-16(17-3-5-18(22)6-4-17)15-21(26)23-19-7-9-20(10-8-19)25-13-11-24(2)12-14-25/h3-10,16H,11-15H2,1-2H3,(H,23,26). The fourth-order valence-electron chi connectivity index (χ4n) is 3.22. The number of anilines is 2. The van der Waals surface area contributed by atoms with E-state index < -0.39 is 0 Å². The summed E-state index contributed by atoms with van der Waals surface area (Å²) < 4.78 is 13.0. The maximum Gasteiger partial charge on any atom is 0.224 e. The van der Waals surface area contributed by atoms with E-state index in [0.717, 1.165) is 37.4 Å². The van der Waals surface area contributed by atoms with Crippen molar-refractivity contribution in [2.45, 2.75) is 19.3 Å². The van der Waals surface area contributed by atoms with Crippen LogP contribution in [0.3, 0.4) is 0 Å². The summed E-state index contributed by atoms with van der Waals surface area (Å²) in [6.07, 6.45) is 0.367. The second-order valence-electron chi connectivity index (χ2n) is 7.04. The number of rotatable bonds is 5. The van der Waals surface area contributed by atoms with Crippen LogP contribution in [0.25, 0.3) is 0 Å². The fraction of sp³-hybridized carbons (Fsp3) is 0.381. The average Bonchev–Trinajstić information content (AvgIpc) is 2.63. The number of nitrogens with one attached hydrogen (secondary N) is 1. The van der Waals surface area contributed by atoms with E-state index in [1.807, 2.05) is 19.1 Å². The van der Waals surface area contributed by atoms with E-state index in [-0.39, 0.29) is 17.6 Å². The van der Waals surface area contributed by atoms with Crippen molar-refractivity contribution in [1.29, 1.82) is 0 Å². The number of carbonyl (C=O) groups excluding carboxylic acids is 1. The number of nitrogens with zero attached hydrogens (tertiary/aromatic N) is 2. The van der Waals surface area contributed by atoms with Gasteiger partial charge in [0, 0.05) is 44.0 Å². The molecule has 0 radical (unpaired) electrons. The number of halogens is 1. The van der Waals surface area contributed by atoms with Gasteiger partial charge in [-0.15, -0.1) is 0 Å². The zero-order chi connectivity index (χ0) is 18.5. The van der Waals surface area contributed by atoms with Gasteiger partial charge in [-0.2, -0.15) is 0 Å². The van der Waals surface area contributed by atoms with Gasteiger partial charge < -0.3 is 15.1 Å². The molecule has 1 heterocycles. The molecule has 1 saturated heterocycles.